The molecular weight excluding hydrogens is 680 g/mol. The molecule has 7 rings (SSSR count). The standard InChI is InChI=1S/C37H27BrN2O4S2/c1-2-43-36(42)32-33(25-11-4-3-5-12-25)39-37-40(34(32)30-16-9-19-45-30)35(41)31(46-37)21-23-17-18-29(28(38)20-23)44-22-26-14-8-13-24-10-6-7-15-27(24)26/h3-21,34H,2,22H2,1H3/b31-21-/t34-/m1/s1. The molecule has 0 amide bonds. The number of aromatic nitrogens is 1. The van der Waals surface area contributed by atoms with Crippen LogP contribution in [0.25, 0.3) is 22.5 Å². The summed E-state index contributed by atoms with van der Waals surface area (Å²) < 4.78 is 14.6. The number of ether oxygens (including phenoxy) is 2. The second-order valence-electron chi connectivity index (χ2n) is 10.6. The molecule has 1 aliphatic heterocycles. The molecular formula is C37H27BrN2O4S2. The number of benzene rings is 4. The lowest BCUT2D eigenvalue weighted by atomic mass is 9.97. The van der Waals surface area contributed by atoms with Crippen LogP contribution in [0.4, 0.5) is 0 Å². The zero-order valence-electron chi connectivity index (χ0n) is 24.7. The Bertz CT molecular complexity index is 2280. The SMILES string of the molecule is CCOC(=O)C1=C(c2ccccc2)N=c2s/c(=C\c3ccc(OCc4cccc5ccccc45)c(Br)c3)c(=O)n2[C@@H]1c1cccs1. The van der Waals surface area contributed by atoms with E-state index in [-0.39, 0.29) is 12.2 Å². The van der Waals surface area contributed by atoms with E-state index in [1.54, 1.807) is 11.5 Å². The molecule has 0 bridgehead atoms. The van der Waals surface area contributed by atoms with Crippen LogP contribution < -0.4 is 19.6 Å². The third kappa shape index (κ3) is 5.77. The molecule has 0 saturated heterocycles. The van der Waals surface area contributed by atoms with Crippen LogP contribution in [0.1, 0.15) is 34.5 Å². The van der Waals surface area contributed by atoms with E-state index in [4.69, 9.17) is 14.5 Å². The fraction of sp³-hybridized carbons (Fsp3) is 0.108. The van der Waals surface area contributed by atoms with Crippen molar-refractivity contribution in [1.82, 2.24) is 4.57 Å². The van der Waals surface area contributed by atoms with Crippen LogP contribution in [-0.4, -0.2) is 17.1 Å². The topological polar surface area (TPSA) is 69.9 Å². The molecule has 2 aromatic heterocycles. The Hall–Kier alpha value is -4.57. The van der Waals surface area contributed by atoms with Crippen molar-refractivity contribution < 1.29 is 14.3 Å². The lowest BCUT2D eigenvalue weighted by molar-refractivity contribution is -0.138. The summed E-state index contributed by atoms with van der Waals surface area (Å²) >= 11 is 6.46. The first kappa shape index (κ1) is 30.1. The highest BCUT2D eigenvalue weighted by molar-refractivity contribution is 9.10. The normalized spacial score (nSPS) is 14.7. The van der Waals surface area contributed by atoms with E-state index in [0.29, 0.717) is 33.0 Å². The third-order valence-corrected chi connectivity index (χ3v) is 10.2. The number of carbonyl (C=O) groups excluding carboxylic acids is 1. The van der Waals surface area contributed by atoms with Crippen LogP contribution in [0, 0.1) is 0 Å². The highest BCUT2D eigenvalue weighted by Gasteiger charge is 2.35. The van der Waals surface area contributed by atoms with Crippen molar-refractivity contribution in [3.05, 3.63) is 160 Å². The van der Waals surface area contributed by atoms with Gasteiger partial charge in [0.15, 0.2) is 4.80 Å². The molecule has 0 unspecified atom stereocenters. The van der Waals surface area contributed by atoms with Gasteiger partial charge in [-0.2, -0.15) is 0 Å². The molecule has 0 N–H and O–H groups in total. The maximum atomic E-state index is 14.1. The van der Waals surface area contributed by atoms with Gasteiger partial charge in [0, 0.05) is 10.4 Å². The molecule has 0 fully saturated rings. The smallest absolute Gasteiger partial charge is 0.338 e. The Morgan fingerprint density at radius 1 is 0.978 bits per heavy atom. The molecule has 9 heteroatoms. The lowest BCUT2D eigenvalue weighted by Crippen LogP contribution is -2.39. The molecule has 228 valence electrons. The summed E-state index contributed by atoms with van der Waals surface area (Å²) in [6.45, 7) is 2.41. The Balaban J connectivity index is 1.27. The lowest BCUT2D eigenvalue weighted by Gasteiger charge is -2.24. The predicted octanol–water partition coefficient (Wildman–Crippen LogP) is 7.49. The number of rotatable bonds is 8. The van der Waals surface area contributed by atoms with Gasteiger partial charge in [-0.05, 0) is 74.4 Å². The average Bonchev–Trinajstić information content (AvgIpc) is 3.72. The molecule has 4 aromatic carbocycles. The number of thiophene rings is 1. The summed E-state index contributed by atoms with van der Waals surface area (Å²) in [6.07, 6.45) is 1.85. The molecule has 46 heavy (non-hydrogen) atoms. The van der Waals surface area contributed by atoms with E-state index in [1.165, 1.54) is 28.1 Å². The zero-order valence-corrected chi connectivity index (χ0v) is 27.9. The molecule has 1 atom stereocenters. The number of carbonyl (C=O) groups is 1. The van der Waals surface area contributed by atoms with Gasteiger partial charge < -0.3 is 9.47 Å². The van der Waals surface area contributed by atoms with Gasteiger partial charge in [0.2, 0.25) is 0 Å². The molecule has 6 nitrogen and oxygen atoms in total. The van der Waals surface area contributed by atoms with Crippen LogP contribution in [-0.2, 0) is 16.1 Å². The Kier molecular flexibility index (Phi) is 8.53. The number of hydrogen-bond donors (Lipinski definition) is 0. The van der Waals surface area contributed by atoms with E-state index in [2.05, 4.69) is 40.2 Å². The largest absolute Gasteiger partial charge is 0.488 e. The minimum Gasteiger partial charge on any atom is -0.488 e. The summed E-state index contributed by atoms with van der Waals surface area (Å²) in [5.41, 5.74) is 3.37. The van der Waals surface area contributed by atoms with Crippen molar-refractivity contribution >= 4 is 67.1 Å². The summed E-state index contributed by atoms with van der Waals surface area (Å²) in [5.74, 6) is 0.219. The zero-order chi connectivity index (χ0) is 31.6. The van der Waals surface area contributed by atoms with Gasteiger partial charge >= 0.3 is 5.97 Å². The molecule has 0 spiro atoms. The number of halogens is 1. The van der Waals surface area contributed by atoms with Crippen LogP contribution in [0.3, 0.4) is 0 Å². The first-order valence-electron chi connectivity index (χ1n) is 14.7. The van der Waals surface area contributed by atoms with Crippen molar-refractivity contribution in [3.8, 4) is 5.75 Å². The maximum Gasteiger partial charge on any atom is 0.338 e. The predicted molar refractivity (Wildman–Crippen MR) is 188 cm³/mol. The molecule has 0 aliphatic carbocycles. The highest BCUT2D eigenvalue weighted by atomic mass is 79.9. The minimum absolute atomic E-state index is 0.211. The van der Waals surface area contributed by atoms with E-state index in [9.17, 15) is 9.59 Å². The van der Waals surface area contributed by atoms with Gasteiger partial charge in [0.05, 0.1) is 26.9 Å². The minimum atomic E-state index is -0.663. The van der Waals surface area contributed by atoms with Crippen LogP contribution in [0.5, 0.6) is 5.75 Å². The van der Waals surface area contributed by atoms with Crippen molar-refractivity contribution in [2.24, 2.45) is 4.99 Å². The summed E-state index contributed by atoms with van der Waals surface area (Å²) in [5, 5.41) is 4.28. The first-order valence-corrected chi connectivity index (χ1v) is 17.2. The van der Waals surface area contributed by atoms with Gasteiger partial charge in [0.25, 0.3) is 5.56 Å². The van der Waals surface area contributed by atoms with Crippen molar-refractivity contribution in [1.29, 1.82) is 0 Å². The van der Waals surface area contributed by atoms with Crippen LogP contribution in [0.2, 0.25) is 0 Å². The van der Waals surface area contributed by atoms with E-state index in [1.807, 2.05) is 90.3 Å². The van der Waals surface area contributed by atoms with Crippen molar-refractivity contribution in [2.45, 2.75) is 19.6 Å². The monoisotopic (exact) mass is 706 g/mol. The second kappa shape index (κ2) is 13.0. The van der Waals surface area contributed by atoms with Gasteiger partial charge in [-0.25, -0.2) is 9.79 Å². The van der Waals surface area contributed by atoms with E-state index in [0.717, 1.165) is 31.4 Å². The molecule has 0 radical (unpaired) electrons. The summed E-state index contributed by atoms with van der Waals surface area (Å²) in [4.78, 5) is 33.9. The van der Waals surface area contributed by atoms with E-state index >= 15 is 0 Å². The Morgan fingerprint density at radius 3 is 2.57 bits per heavy atom. The van der Waals surface area contributed by atoms with Crippen molar-refractivity contribution in [2.75, 3.05) is 6.61 Å². The van der Waals surface area contributed by atoms with Gasteiger partial charge in [0.1, 0.15) is 18.4 Å². The van der Waals surface area contributed by atoms with Crippen LogP contribution in [0.15, 0.2) is 128 Å². The summed E-state index contributed by atoms with van der Waals surface area (Å²) in [6, 6.07) is 33.0. The number of fused-ring (bicyclic) bond motifs is 2. The van der Waals surface area contributed by atoms with Gasteiger partial charge in [-0.1, -0.05) is 96.3 Å². The van der Waals surface area contributed by atoms with Crippen LogP contribution >= 0.6 is 38.6 Å². The first-order chi connectivity index (χ1) is 22.5. The molecule has 3 heterocycles. The summed E-state index contributed by atoms with van der Waals surface area (Å²) in [7, 11) is 0. The third-order valence-electron chi connectivity index (χ3n) is 7.70. The molecule has 6 aromatic rings. The average molecular weight is 708 g/mol. The number of thiazole rings is 1. The number of nitrogens with zero attached hydrogens (tertiary/aromatic N) is 2. The fourth-order valence-corrected chi connectivity index (χ4v) is 7.94. The highest BCUT2D eigenvalue weighted by Crippen LogP contribution is 2.37. The number of hydrogen-bond acceptors (Lipinski definition) is 7. The fourth-order valence-electron chi connectivity index (χ4n) is 5.61. The van der Waals surface area contributed by atoms with Crippen molar-refractivity contribution in [3.63, 3.8) is 0 Å². The maximum absolute atomic E-state index is 14.1. The Morgan fingerprint density at radius 2 is 1.78 bits per heavy atom. The second-order valence-corrected chi connectivity index (χ2v) is 13.4. The quantitative estimate of drug-likeness (QED) is 0.154. The van der Waals surface area contributed by atoms with E-state index < -0.39 is 12.0 Å². The van der Waals surface area contributed by atoms with Gasteiger partial charge in [-0.3, -0.25) is 9.36 Å². The van der Waals surface area contributed by atoms with Gasteiger partial charge in [-0.15, -0.1) is 11.3 Å². The molecule has 0 saturated carbocycles. The molecule has 1 aliphatic rings. The number of esters is 1. The Labute approximate surface area is 281 Å².